The molecule has 0 saturated carbocycles. The smallest absolute Gasteiger partial charge is 0.249 e. The molecule has 4 aromatic rings. The first-order valence-electron chi connectivity index (χ1n) is 9.14. The molecule has 0 fully saturated rings. The molecule has 4 rings (SSSR count). The molecule has 0 unspecified atom stereocenters. The fourth-order valence-electron chi connectivity index (χ4n) is 3.11. The van der Waals surface area contributed by atoms with Gasteiger partial charge in [-0.2, -0.15) is 0 Å². The molecule has 2 aromatic carbocycles. The summed E-state index contributed by atoms with van der Waals surface area (Å²) in [5, 5.41) is 5.81. The summed E-state index contributed by atoms with van der Waals surface area (Å²) in [6, 6.07) is 13.3. The van der Waals surface area contributed by atoms with Crippen molar-refractivity contribution < 1.29 is 9.18 Å². The number of nitrogens with two attached hydrogens (primary N) is 1. The van der Waals surface area contributed by atoms with Crippen molar-refractivity contribution in [2.75, 3.05) is 5.32 Å². The second-order valence-electron chi connectivity index (χ2n) is 6.74. The zero-order chi connectivity index (χ0) is 21.3. The molecule has 0 atom stereocenters. The SMILES string of the molecule is Cc1cc(-c2cc(Nc3nc(-c4ccc(F)cc4)cs3)ccc2C(N)=O)nc(C)n1. The maximum Gasteiger partial charge on any atom is 0.249 e. The first-order valence-corrected chi connectivity index (χ1v) is 10.0. The van der Waals surface area contributed by atoms with Gasteiger partial charge in [-0.15, -0.1) is 11.3 Å². The number of hydrogen-bond acceptors (Lipinski definition) is 6. The van der Waals surface area contributed by atoms with Crippen LogP contribution in [0.3, 0.4) is 0 Å². The fraction of sp³-hybridized carbons (Fsp3) is 0.0909. The first-order chi connectivity index (χ1) is 14.4. The fourth-order valence-corrected chi connectivity index (χ4v) is 3.85. The van der Waals surface area contributed by atoms with Crippen LogP contribution >= 0.6 is 11.3 Å². The van der Waals surface area contributed by atoms with Crippen molar-refractivity contribution in [3.8, 4) is 22.5 Å². The van der Waals surface area contributed by atoms with E-state index < -0.39 is 5.91 Å². The third-order valence-corrected chi connectivity index (χ3v) is 5.18. The number of nitrogens with one attached hydrogen (secondary N) is 1. The van der Waals surface area contributed by atoms with Crippen LogP contribution in [0, 0.1) is 19.7 Å². The van der Waals surface area contributed by atoms with Gasteiger partial charge in [-0.1, -0.05) is 0 Å². The molecular formula is C22H18FN5OS. The number of rotatable bonds is 5. The summed E-state index contributed by atoms with van der Waals surface area (Å²) >= 11 is 1.43. The highest BCUT2D eigenvalue weighted by Crippen LogP contribution is 2.30. The van der Waals surface area contributed by atoms with Crippen molar-refractivity contribution in [2.24, 2.45) is 5.73 Å². The van der Waals surface area contributed by atoms with E-state index in [4.69, 9.17) is 5.73 Å². The Balaban J connectivity index is 1.67. The number of benzene rings is 2. The van der Waals surface area contributed by atoms with Crippen LogP contribution in [0.1, 0.15) is 21.9 Å². The van der Waals surface area contributed by atoms with Crippen LogP contribution in [-0.2, 0) is 0 Å². The molecule has 8 heteroatoms. The third-order valence-electron chi connectivity index (χ3n) is 4.42. The Morgan fingerprint density at radius 2 is 1.77 bits per heavy atom. The molecule has 150 valence electrons. The number of anilines is 2. The van der Waals surface area contributed by atoms with Crippen LogP contribution in [0.15, 0.2) is 53.9 Å². The Kier molecular flexibility index (Phi) is 5.24. The van der Waals surface area contributed by atoms with Crippen molar-refractivity contribution >= 4 is 28.1 Å². The topological polar surface area (TPSA) is 93.8 Å². The second kappa shape index (κ2) is 8.00. The lowest BCUT2D eigenvalue weighted by Crippen LogP contribution is -2.13. The normalized spacial score (nSPS) is 10.8. The predicted molar refractivity (Wildman–Crippen MR) is 116 cm³/mol. The van der Waals surface area contributed by atoms with Crippen molar-refractivity contribution in [3.05, 3.63) is 76.8 Å². The number of hydrogen-bond donors (Lipinski definition) is 2. The Labute approximate surface area is 176 Å². The summed E-state index contributed by atoms with van der Waals surface area (Å²) in [5.41, 5.74) is 10.3. The molecule has 0 saturated heterocycles. The number of carbonyl (C=O) groups is 1. The van der Waals surface area contributed by atoms with Crippen LogP contribution in [0.5, 0.6) is 0 Å². The predicted octanol–water partition coefficient (Wildman–Crippen LogP) is 4.87. The number of thiazole rings is 1. The Hall–Kier alpha value is -3.65. The molecule has 2 heterocycles. The van der Waals surface area contributed by atoms with Crippen LogP contribution < -0.4 is 11.1 Å². The average Bonchev–Trinajstić information content (AvgIpc) is 3.16. The molecule has 0 bridgehead atoms. The summed E-state index contributed by atoms with van der Waals surface area (Å²) in [7, 11) is 0. The minimum Gasteiger partial charge on any atom is -0.366 e. The number of amides is 1. The summed E-state index contributed by atoms with van der Waals surface area (Å²) in [5.74, 6) is -0.203. The third kappa shape index (κ3) is 4.18. The number of aromatic nitrogens is 3. The van der Waals surface area contributed by atoms with E-state index in [9.17, 15) is 9.18 Å². The van der Waals surface area contributed by atoms with E-state index in [1.165, 1.54) is 23.5 Å². The number of aryl methyl sites for hydroxylation is 2. The molecule has 0 spiro atoms. The number of carbonyl (C=O) groups excluding carboxylic acids is 1. The van der Waals surface area contributed by atoms with Gasteiger partial charge in [-0.05, 0) is 62.4 Å². The number of nitrogens with zero attached hydrogens (tertiary/aromatic N) is 3. The lowest BCUT2D eigenvalue weighted by Gasteiger charge is -2.11. The van der Waals surface area contributed by atoms with Gasteiger partial charge in [0.1, 0.15) is 11.6 Å². The van der Waals surface area contributed by atoms with Crippen LogP contribution in [-0.4, -0.2) is 20.9 Å². The molecule has 2 aromatic heterocycles. The summed E-state index contributed by atoms with van der Waals surface area (Å²) < 4.78 is 13.1. The minimum absolute atomic E-state index is 0.287. The van der Waals surface area contributed by atoms with Crippen LogP contribution in [0.25, 0.3) is 22.5 Å². The minimum atomic E-state index is -0.529. The monoisotopic (exact) mass is 419 g/mol. The van der Waals surface area contributed by atoms with E-state index in [-0.39, 0.29) is 5.82 Å². The highest BCUT2D eigenvalue weighted by Gasteiger charge is 2.14. The molecule has 1 amide bonds. The number of halogens is 1. The van der Waals surface area contributed by atoms with E-state index in [0.717, 1.165) is 22.6 Å². The highest BCUT2D eigenvalue weighted by atomic mass is 32.1. The average molecular weight is 419 g/mol. The van der Waals surface area contributed by atoms with Crippen molar-refractivity contribution in [1.29, 1.82) is 0 Å². The van der Waals surface area contributed by atoms with E-state index in [1.807, 2.05) is 24.4 Å². The quantitative estimate of drug-likeness (QED) is 0.482. The van der Waals surface area contributed by atoms with Crippen molar-refractivity contribution in [3.63, 3.8) is 0 Å². The Bertz CT molecular complexity index is 1220. The molecule has 6 nitrogen and oxygen atoms in total. The van der Waals surface area contributed by atoms with Gasteiger partial charge in [0.15, 0.2) is 5.13 Å². The molecule has 3 N–H and O–H groups in total. The molecule has 0 aliphatic rings. The first kappa shape index (κ1) is 19.7. The van der Waals surface area contributed by atoms with Crippen molar-refractivity contribution in [2.45, 2.75) is 13.8 Å². The van der Waals surface area contributed by atoms with Gasteiger partial charge in [-0.3, -0.25) is 4.79 Å². The number of primary amides is 1. The Morgan fingerprint density at radius 3 is 2.47 bits per heavy atom. The van der Waals surface area contributed by atoms with E-state index in [0.29, 0.717) is 27.8 Å². The van der Waals surface area contributed by atoms with E-state index in [2.05, 4.69) is 20.3 Å². The van der Waals surface area contributed by atoms with Gasteiger partial charge >= 0.3 is 0 Å². The lowest BCUT2D eigenvalue weighted by atomic mass is 10.0. The van der Waals surface area contributed by atoms with E-state index in [1.54, 1.807) is 31.2 Å². The standard InChI is InChI=1S/C22H18FN5OS/c1-12-9-19(26-13(2)25-12)18-10-16(7-8-17(18)21(24)29)27-22-28-20(11-30-22)14-3-5-15(23)6-4-14/h3-11H,1-2H3,(H2,24,29)(H,27,28). The van der Waals surface area contributed by atoms with Gasteiger partial charge in [0.05, 0.1) is 11.4 Å². The summed E-state index contributed by atoms with van der Waals surface area (Å²) in [6.45, 7) is 3.67. The van der Waals surface area contributed by atoms with Gasteiger partial charge in [-0.25, -0.2) is 19.3 Å². The highest BCUT2D eigenvalue weighted by molar-refractivity contribution is 7.14. The zero-order valence-corrected chi connectivity index (χ0v) is 17.1. The summed E-state index contributed by atoms with van der Waals surface area (Å²) in [6.07, 6.45) is 0. The molecule has 30 heavy (non-hydrogen) atoms. The molecular weight excluding hydrogens is 401 g/mol. The largest absolute Gasteiger partial charge is 0.366 e. The summed E-state index contributed by atoms with van der Waals surface area (Å²) in [4.78, 5) is 25.2. The van der Waals surface area contributed by atoms with Gasteiger partial charge in [0.25, 0.3) is 0 Å². The Morgan fingerprint density at radius 1 is 1.00 bits per heavy atom. The lowest BCUT2D eigenvalue weighted by molar-refractivity contribution is 0.100. The molecule has 0 aliphatic carbocycles. The van der Waals surface area contributed by atoms with Gasteiger partial charge < -0.3 is 11.1 Å². The van der Waals surface area contributed by atoms with E-state index >= 15 is 0 Å². The van der Waals surface area contributed by atoms with Crippen molar-refractivity contribution in [1.82, 2.24) is 15.0 Å². The maximum atomic E-state index is 13.1. The zero-order valence-electron chi connectivity index (χ0n) is 16.3. The van der Waals surface area contributed by atoms with Gasteiger partial charge in [0.2, 0.25) is 5.91 Å². The van der Waals surface area contributed by atoms with Crippen LogP contribution in [0.2, 0.25) is 0 Å². The van der Waals surface area contributed by atoms with Gasteiger partial charge in [0, 0.05) is 33.5 Å². The molecule has 0 radical (unpaired) electrons. The maximum absolute atomic E-state index is 13.1. The second-order valence-corrected chi connectivity index (χ2v) is 7.59. The molecule has 0 aliphatic heterocycles. The van der Waals surface area contributed by atoms with Crippen LogP contribution in [0.4, 0.5) is 15.2 Å².